The summed E-state index contributed by atoms with van der Waals surface area (Å²) in [4.78, 5) is 11.8. The van der Waals surface area contributed by atoms with E-state index in [4.69, 9.17) is 4.98 Å². The van der Waals surface area contributed by atoms with Crippen LogP contribution in [0.3, 0.4) is 0 Å². The van der Waals surface area contributed by atoms with Crippen molar-refractivity contribution in [1.82, 2.24) is 15.3 Å². The minimum Gasteiger partial charge on any atom is -0.356 e. The quantitative estimate of drug-likeness (QED) is 0.635. The van der Waals surface area contributed by atoms with Crippen molar-refractivity contribution in [1.29, 1.82) is 0 Å². The van der Waals surface area contributed by atoms with E-state index in [2.05, 4.69) is 21.5 Å². The third-order valence-electron chi connectivity index (χ3n) is 3.48. The fourth-order valence-electron chi connectivity index (χ4n) is 2.58. The van der Waals surface area contributed by atoms with Gasteiger partial charge in [-0.1, -0.05) is 11.8 Å². The van der Waals surface area contributed by atoms with Crippen molar-refractivity contribution in [3.63, 3.8) is 0 Å². The van der Waals surface area contributed by atoms with Crippen LogP contribution in [0.5, 0.6) is 0 Å². The SMILES string of the molecule is CSc1nc2c(c(N3CCCC3)n1)CNCC2. The lowest BCUT2D eigenvalue weighted by Gasteiger charge is -2.25. The highest BCUT2D eigenvalue weighted by Crippen LogP contribution is 2.28. The normalized spacial score (nSPS) is 19.5. The zero-order valence-corrected chi connectivity index (χ0v) is 11.0. The second kappa shape index (κ2) is 4.82. The number of hydrogen-bond donors (Lipinski definition) is 1. The van der Waals surface area contributed by atoms with E-state index >= 15 is 0 Å². The smallest absolute Gasteiger partial charge is 0.189 e. The predicted octanol–water partition coefficient (Wildman–Crippen LogP) is 1.44. The second-order valence-electron chi connectivity index (χ2n) is 4.58. The monoisotopic (exact) mass is 250 g/mol. The molecule has 1 aromatic rings. The van der Waals surface area contributed by atoms with E-state index in [1.54, 1.807) is 11.8 Å². The molecule has 0 saturated carbocycles. The molecule has 1 fully saturated rings. The summed E-state index contributed by atoms with van der Waals surface area (Å²) in [5.41, 5.74) is 2.58. The molecule has 2 aliphatic rings. The highest BCUT2D eigenvalue weighted by atomic mass is 32.2. The Labute approximate surface area is 106 Å². The molecule has 2 aliphatic heterocycles. The average molecular weight is 250 g/mol. The van der Waals surface area contributed by atoms with Crippen LogP contribution in [0.2, 0.25) is 0 Å². The maximum Gasteiger partial charge on any atom is 0.189 e. The molecule has 0 bridgehead atoms. The molecule has 4 nitrogen and oxygen atoms in total. The first-order valence-electron chi connectivity index (χ1n) is 6.28. The van der Waals surface area contributed by atoms with E-state index in [1.165, 1.54) is 29.9 Å². The van der Waals surface area contributed by atoms with Crippen molar-refractivity contribution < 1.29 is 0 Å². The Bertz CT molecular complexity index is 415. The number of aromatic nitrogens is 2. The van der Waals surface area contributed by atoms with Gasteiger partial charge < -0.3 is 10.2 Å². The Morgan fingerprint density at radius 2 is 2.06 bits per heavy atom. The first-order valence-corrected chi connectivity index (χ1v) is 7.50. The van der Waals surface area contributed by atoms with Crippen LogP contribution in [0.25, 0.3) is 0 Å². The molecular formula is C12H18N4S. The molecule has 0 spiro atoms. The van der Waals surface area contributed by atoms with E-state index < -0.39 is 0 Å². The van der Waals surface area contributed by atoms with E-state index in [9.17, 15) is 0 Å². The van der Waals surface area contributed by atoms with Gasteiger partial charge in [-0.25, -0.2) is 9.97 Å². The van der Waals surface area contributed by atoms with Crippen LogP contribution in [-0.4, -0.2) is 35.9 Å². The topological polar surface area (TPSA) is 41.1 Å². The summed E-state index contributed by atoms with van der Waals surface area (Å²) in [5.74, 6) is 1.18. The van der Waals surface area contributed by atoms with Crippen molar-refractivity contribution in [2.24, 2.45) is 0 Å². The van der Waals surface area contributed by atoms with Crippen molar-refractivity contribution in [3.05, 3.63) is 11.3 Å². The molecule has 0 unspecified atom stereocenters. The van der Waals surface area contributed by atoms with Crippen LogP contribution in [0.1, 0.15) is 24.1 Å². The minimum atomic E-state index is 0.924. The van der Waals surface area contributed by atoms with Gasteiger partial charge in [-0.05, 0) is 19.1 Å². The van der Waals surface area contributed by atoms with E-state index in [-0.39, 0.29) is 0 Å². The maximum absolute atomic E-state index is 4.72. The summed E-state index contributed by atoms with van der Waals surface area (Å²) in [5, 5.41) is 4.35. The summed E-state index contributed by atoms with van der Waals surface area (Å²) >= 11 is 1.65. The maximum atomic E-state index is 4.72. The second-order valence-corrected chi connectivity index (χ2v) is 5.35. The van der Waals surface area contributed by atoms with Crippen LogP contribution in [-0.2, 0) is 13.0 Å². The number of nitrogens with one attached hydrogen (secondary N) is 1. The van der Waals surface area contributed by atoms with Crippen LogP contribution >= 0.6 is 11.8 Å². The van der Waals surface area contributed by atoms with Crippen LogP contribution in [0.15, 0.2) is 5.16 Å². The number of thioether (sulfide) groups is 1. The molecule has 0 amide bonds. The lowest BCUT2D eigenvalue weighted by atomic mass is 10.1. The molecule has 0 radical (unpaired) electrons. The number of hydrogen-bond acceptors (Lipinski definition) is 5. The van der Waals surface area contributed by atoms with Gasteiger partial charge in [0.25, 0.3) is 0 Å². The number of nitrogens with zero attached hydrogens (tertiary/aromatic N) is 3. The third kappa shape index (κ3) is 2.13. The molecule has 17 heavy (non-hydrogen) atoms. The molecule has 0 aliphatic carbocycles. The van der Waals surface area contributed by atoms with Gasteiger partial charge in [0.05, 0.1) is 5.69 Å². The minimum absolute atomic E-state index is 0.924. The fraction of sp³-hybridized carbons (Fsp3) is 0.667. The summed E-state index contributed by atoms with van der Waals surface area (Å²) < 4.78 is 0. The number of anilines is 1. The third-order valence-corrected chi connectivity index (χ3v) is 4.03. The van der Waals surface area contributed by atoms with Crippen molar-refractivity contribution in [3.8, 4) is 0 Å². The summed E-state index contributed by atoms with van der Waals surface area (Å²) in [7, 11) is 0. The summed E-state index contributed by atoms with van der Waals surface area (Å²) in [6, 6.07) is 0. The first-order chi connectivity index (χ1) is 8.38. The summed E-state index contributed by atoms with van der Waals surface area (Å²) in [6.07, 6.45) is 5.67. The molecule has 92 valence electrons. The molecular weight excluding hydrogens is 232 g/mol. The van der Waals surface area contributed by atoms with Gasteiger partial charge >= 0.3 is 0 Å². The lowest BCUT2D eigenvalue weighted by molar-refractivity contribution is 0.613. The Kier molecular flexibility index (Phi) is 3.20. The molecule has 1 saturated heterocycles. The molecule has 0 aromatic carbocycles. The van der Waals surface area contributed by atoms with Gasteiger partial charge in [0.1, 0.15) is 5.82 Å². The van der Waals surface area contributed by atoms with Gasteiger partial charge in [0.15, 0.2) is 5.16 Å². The Morgan fingerprint density at radius 3 is 2.82 bits per heavy atom. The molecule has 1 N–H and O–H groups in total. The van der Waals surface area contributed by atoms with E-state index in [0.29, 0.717) is 0 Å². The zero-order valence-electron chi connectivity index (χ0n) is 10.2. The van der Waals surface area contributed by atoms with Gasteiger partial charge in [-0.3, -0.25) is 0 Å². The van der Waals surface area contributed by atoms with E-state index in [1.807, 2.05) is 0 Å². The molecule has 3 rings (SSSR count). The molecule has 5 heteroatoms. The molecule has 0 atom stereocenters. The standard InChI is InChI=1S/C12H18N4S/c1-17-12-14-10-4-5-13-8-9(10)11(15-12)16-6-2-3-7-16/h13H,2-8H2,1H3. The fourth-order valence-corrected chi connectivity index (χ4v) is 2.96. The van der Waals surface area contributed by atoms with Crippen LogP contribution in [0.4, 0.5) is 5.82 Å². The Balaban J connectivity index is 2.04. The number of fused-ring (bicyclic) bond motifs is 1. The molecule has 3 heterocycles. The van der Waals surface area contributed by atoms with Gasteiger partial charge in [0.2, 0.25) is 0 Å². The average Bonchev–Trinajstić information content (AvgIpc) is 2.91. The lowest BCUT2D eigenvalue weighted by Crippen LogP contribution is -2.30. The number of rotatable bonds is 2. The Morgan fingerprint density at radius 1 is 1.24 bits per heavy atom. The molecule has 1 aromatic heterocycles. The highest BCUT2D eigenvalue weighted by molar-refractivity contribution is 7.98. The van der Waals surface area contributed by atoms with Crippen molar-refractivity contribution >= 4 is 17.6 Å². The van der Waals surface area contributed by atoms with E-state index in [0.717, 1.165) is 37.8 Å². The van der Waals surface area contributed by atoms with Gasteiger partial charge in [-0.2, -0.15) is 0 Å². The van der Waals surface area contributed by atoms with Crippen LogP contribution in [0, 0.1) is 0 Å². The summed E-state index contributed by atoms with van der Waals surface area (Å²) in [6.45, 7) is 4.27. The first kappa shape index (κ1) is 11.3. The van der Waals surface area contributed by atoms with Gasteiger partial charge in [-0.15, -0.1) is 0 Å². The predicted molar refractivity (Wildman–Crippen MR) is 70.7 cm³/mol. The van der Waals surface area contributed by atoms with Crippen molar-refractivity contribution in [2.45, 2.75) is 31.0 Å². The largest absolute Gasteiger partial charge is 0.356 e. The van der Waals surface area contributed by atoms with Gasteiger partial charge in [0, 0.05) is 38.2 Å². The highest BCUT2D eigenvalue weighted by Gasteiger charge is 2.23. The van der Waals surface area contributed by atoms with Crippen molar-refractivity contribution in [2.75, 3.05) is 30.8 Å². The Hall–Kier alpha value is -0.810. The van der Waals surface area contributed by atoms with Crippen LogP contribution < -0.4 is 10.2 Å². The zero-order chi connectivity index (χ0) is 11.7.